The Morgan fingerprint density at radius 1 is 0.564 bits per heavy atom. The van der Waals surface area contributed by atoms with Crippen molar-refractivity contribution >= 4 is 44.4 Å². The number of hydrogen-bond acceptors (Lipinski definition) is 14. The summed E-state index contributed by atoms with van der Waals surface area (Å²) in [4.78, 5) is 39.7. The normalized spacial score (nSPS) is 11.0. The van der Waals surface area contributed by atoms with E-state index in [1.54, 1.807) is 35.5 Å². The minimum Gasteiger partial charge on any atom is -0.397 e. The molecule has 0 aromatic heterocycles. The maximum absolute atomic E-state index is 9.93. The van der Waals surface area contributed by atoms with Gasteiger partial charge in [-0.15, -0.1) is 0 Å². The van der Waals surface area contributed by atoms with E-state index in [-0.39, 0.29) is 0 Å². The van der Waals surface area contributed by atoms with Crippen LogP contribution in [0.15, 0.2) is 15.0 Å². The van der Waals surface area contributed by atoms with Crippen molar-refractivity contribution < 1.29 is 49.8 Å². The molecule has 0 rings (SSSR count). The van der Waals surface area contributed by atoms with E-state index < -0.39 is 26.2 Å². The molecule has 228 valence electrons. The smallest absolute Gasteiger partial charge is 0.397 e. The van der Waals surface area contributed by atoms with Gasteiger partial charge in [-0.05, 0) is 40.2 Å². The van der Waals surface area contributed by atoms with E-state index in [9.17, 15) is 14.4 Å². The minimum absolute atomic E-state index is 0.309. The first kappa shape index (κ1) is 41.9. The van der Waals surface area contributed by atoms with Gasteiger partial charge in [-0.2, -0.15) is 0 Å². The van der Waals surface area contributed by atoms with Crippen molar-refractivity contribution in [2.24, 2.45) is 15.0 Å². The number of nitrogens with zero attached hydrogens (tertiary/aromatic N) is 3. The van der Waals surface area contributed by atoms with E-state index in [0.717, 1.165) is 6.42 Å². The average molecular weight is 614 g/mol. The summed E-state index contributed by atoms with van der Waals surface area (Å²) in [7, 11) is 0.636. The fourth-order valence-electron chi connectivity index (χ4n) is 2.79. The summed E-state index contributed by atoms with van der Waals surface area (Å²) in [5.41, 5.74) is 0. The van der Waals surface area contributed by atoms with E-state index in [4.69, 9.17) is 35.4 Å². The van der Waals surface area contributed by atoms with Crippen LogP contribution in [0.2, 0.25) is 18.6 Å². The lowest BCUT2D eigenvalue weighted by atomic mass is 10.5. The molecule has 0 fully saturated rings. The molecule has 39 heavy (non-hydrogen) atoms. The van der Waals surface area contributed by atoms with Crippen molar-refractivity contribution in [3.63, 3.8) is 0 Å². The molecule has 0 unspecified atom stereocenters. The lowest BCUT2D eigenvalue weighted by Crippen LogP contribution is -2.46. The summed E-state index contributed by atoms with van der Waals surface area (Å²) in [6.45, 7) is 10.2. The van der Waals surface area contributed by atoms with E-state index in [1.807, 2.05) is 27.3 Å². The second kappa shape index (κ2) is 28.0. The zero-order chi connectivity index (χ0) is 30.5. The van der Waals surface area contributed by atoms with Crippen LogP contribution < -0.4 is 0 Å². The Hall–Kier alpha value is -1.53. The van der Waals surface area contributed by atoms with Crippen molar-refractivity contribution in [3.05, 3.63) is 0 Å². The molecule has 0 bridgehead atoms. The molecule has 0 aromatic carbocycles. The third kappa shape index (κ3) is 21.9. The van der Waals surface area contributed by atoms with Crippen molar-refractivity contribution in [1.29, 1.82) is 0 Å². The summed E-state index contributed by atoms with van der Waals surface area (Å²) in [5, 5.41) is 0. The number of carbonyl (C=O) groups excluding carboxylic acids is 3. The SMILES string of the molecule is CCO[Si](CCCN=C=O)(OCC)OCC.CO[Si](C)(CN=C=O)OC.CO[Si](CCCN=C=O)(OC)OC. The summed E-state index contributed by atoms with van der Waals surface area (Å²) < 4.78 is 42.5. The monoisotopic (exact) mass is 613 g/mol. The van der Waals surface area contributed by atoms with Gasteiger partial charge < -0.3 is 35.4 Å². The fraction of sp³-hybridized carbons (Fsp3) is 0.864. The van der Waals surface area contributed by atoms with Gasteiger partial charge in [-0.25, -0.2) is 29.4 Å². The molecule has 0 aliphatic rings. The highest BCUT2D eigenvalue weighted by molar-refractivity contribution is 6.66. The molecule has 0 spiro atoms. The lowest BCUT2D eigenvalue weighted by Gasteiger charge is -2.28. The molecule has 0 heterocycles. The van der Waals surface area contributed by atoms with Crippen molar-refractivity contribution in [1.82, 2.24) is 0 Å². The Morgan fingerprint density at radius 3 is 1.21 bits per heavy atom. The summed E-state index contributed by atoms with van der Waals surface area (Å²) in [5.74, 6) is 0. The maximum atomic E-state index is 9.93. The second-order valence-corrected chi connectivity index (χ2v) is 16.6. The number of aliphatic imine (C=N–C) groups is 3. The first-order valence-corrected chi connectivity index (χ1v) is 18.8. The first-order chi connectivity index (χ1) is 18.7. The molecular formula is C22H47N3O11Si3. The van der Waals surface area contributed by atoms with Gasteiger partial charge in [-0.3, -0.25) is 0 Å². The van der Waals surface area contributed by atoms with Crippen molar-refractivity contribution in [2.75, 3.05) is 74.6 Å². The highest BCUT2D eigenvalue weighted by atomic mass is 28.4. The number of isocyanates is 3. The highest BCUT2D eigenvalue weighted by Crippen LogP contribution is 2.18. The third-order valence-corrected chi connectivity index (χ3v) is 13.4. The summed E-state index contributed by atoms with van der Waals surface area (Å²) >= 11 is 0. The number of rotatable bonds is 21. The van der Waals surface area contributed by atoms with Crippen LogP contribution in [-0.4, -0.2) is 119 Å². The van der Waals surface area contributed by atoms with Crippen LogP contribution in [0.5, 0.6) is 0 Å². The molecule has 0 N–H and O–H groups in total. The van der Waals surface area contributed by atoms with Crippen molar-refractivity contribution in [2.45, 2.75) is 52.2 Å². The molecule has 0 saturated carbocycles. The molecule has 17 heteroatoms. The molecule has 0 atom stereocenters. The molecular weight excluding hydrogens is 567 g/mol. The van der Waals surface area contributed by atoms with E-state index in [1.165, 1.54) is 18.2 Å². The van der Waals surface area contributed by atoms with Gasteiger partial charge in [0.1, 0.15) is 0 Å². The Morgan fingerprint density at radius 2 is 0.923 bits per heavy atom. The predicted molar refractivity (Wildman–Crippen MR) is 151 cm³/mol. The van der Waals surface area contributed by atoms with Crippen LogP contribution >= 0.6 is 0 Å². The first-order valence-electron chi connectivity index (χ1n) is 12.5. The predicted octanol–water partition coefficient (Wildman–Crippen LogP) is 2.58. The molecule has 0 aromatic rings. The second-order valence-electron chi connectivity index (χ2n) is 7.38. The topological polar surface area (TPSA) is 162 Å². The van der Waals surface area contributed by atoms with Gasteiger partial charge in [0.2, 0.25) is 18.2 Å². The Bertz CT molecular complexity index is 700. The van der Waals surface area contributed by atoms with Crippen LogP contribution in [0.25, 0.3) is 0 Å². The van der Waals surface area contributed by atoms with E-state index in [2.05, 4.69) is 15.0 Å². The van der Waals surface area contributed by atoms with Gasteiger partial charge in [0.25, 0.3) is 0 Å². The molecule has 0 amide bonds. The zero-order valence-corrected chi connectivity index (χ0v) is 27.9. The van der Waals surface area contributed by atoms with Crippen LogP contribution in [0.3, 0.4) is 0 Å². The Balaban J connectivity index is -0.000000513. The van der Waals surface area contributed by atoms with Gasteiger partial charge in [0.05, 0.1) is 19.3 Å². The Labute approximate surface area is 236 Å². The quantitative estimate of drug-likeness (QED) is 0.0809. The average Bonchev–Trinajstić information content (AvgIpc) is 2.96. The maximum Gasteiger partial charge on any atom is 0.500 e. The van der Waals surface area contributed by atoms with Crippen LogP contribution in [0.1, 0.15) is 33.6 Å². The van der Waals surface area contributed by atoms with E-state index >= 15 is 0 Å². The zero-order valence-electron chi connectivity index (χ0n) is 24.9. The highest BCUT2D eigenvalue weighted by Gasteiger charge is 2.39. The summed E-state index contributed by atoms with van der Waals surface area (Å²) in [6.07, 6.45) is 6.17. The molecule has 0 radical (unpaired) electrons. The van der Waals surface area contributed by atoms with Crippen LogP contribution in [0.4, 0.5) is 0 Å². The van der Waals surface area contributed by atoms with Crippen LogP contribution in [0, 0.1) is 0 Å². The van der Waals surface area contributed by atoms with Crippen molar-refractivity contribution in [3.8, 4) is 0 Å². The van der Waals surface area contributed by atoms with Gasteiger partial charge in [0, 0.05) is 67.5 Å². The molecule has 0 aliphatic heterocycles. The number of hydrogen-bond donors (Lipinski definition) is 0. The fourth-order valence-corrected chi connectivity index (χ4v) is 7.86. The largest absolute Gasteiger partial charge is 0.500 e. The standard InChI is InChI=1S/C10H21NO4Si.C7H15NO4Si.C5H11NO3Si/c1-4-13-16(14-5-2,15-6-3)9-7-8-11-10-12;1-10-13(11-2,12-3)6-4-5-8-7-9;1-8-10(3,9-2)5-6-4-7/h4-9H2,1-3H3;4-6H2,1-3H3;5H2,1-3H3. The van der Waals surface area contributed by atoms with Gasteiger partial charge >= 0.3 is 26.2 Å². The molecule has 0 aliphatic carbocycles. The van der Waals surface area contributed by atoms with Crippen LogP contribution in [-0.2, 0) is 49.8 Å². The summed E-state index contributed by atoms with van der Waals surface area (Å²) in [6, 6.07) is 1.34. The Kier molecular flexibility index (Phi) is 30.1. The third-order valence-electron chi connectivity index (χ3n) is 4.96. The van der Waals surface area contributed by atoms with Gasteiger partial charge in [-0.1, -0.05) is 0 Å². The van der Waals surface area contributed by atoms with E-state index in [0.29, 0.717) is 57.6 Å². The molecule has 0 saturated heterocycles. The lowest BCUT2D eigenvalue weighted by molar-refractivity contribution is 0.0710. The van der Waals surface area contributed by atoms with Gasteiger partial charge in [0.15, 0.2) is 0 Å². The minimum atomic E-state index is -2.54. The molecule has 14 nitrogen and oxygen atoms in total.